The third-order valence-corrected chi connectivity index (χ3v) is 7.10. The number of ether oxygens (including phenoxy) is 1. The van der Waals surface area contributed by atoms with E-state index in [0.29, 0.717) is 17.8 Å². The van der Waals surface area contributed by atoms with Crippen molar-refractivity contribution in [2.75, 3.05) is 36.9 Å². The maximum Gasteiger partial charge on any atom is 0.253 e. The molecular weight excluding hydrogens is 462 g/mol. The van der Waals surface area contributed by atoms with E-state index in [1.165, 1.54) is 9.87 Å². The predicted molar refractivity (Wildman–Crippen MR) is 138 cm³/mol. The molecule has 0 aromatic heterocycles. The Balaban J connectivity index is 1.44. The second-order valence-corrected chi connectivity index (χ2v) is 10.6. The van der Waals surface area contributed by atoms with E-state index in [0.717, 1.165) is 50.2 Å². The van der Waals surface area contributed by atoms with Crippen LogP contribution in [0.25, 0.3) is 0 Å². The highest BCUT2D eigenvalue weighted by Gasteiger charge is 2.23. The zero-order valence-corrected chi connectivity index (χ0v) is 20.7. The molecule has 0 unspecified atom stereocenters. The molecular formula is C27H31N3O4S. The Labute approximate surface area is 207 Å². The smallest absolute Gasteiger partial charge is 0.253 e. The van der Waals surface area contributed by atoms with Crippen LogP contribution in [0, 0.1) is 0 Å². The van der Waals surface area contributed by atoms with E-state index in [4.69, 9.17) is 4.74 Å². The van der Waals surface area contributed by atoms with Gasteiger partial charge in [0.2, 0.25) is 10.0 Å². The quantitative estimate of drug-likeness (QED) is 0.494. The van der Waals surface area contributed by atoms with Crippen LogP contribution in [0.3, 0.4) is 0 Å². The van der Waals surface area contributed by atoms with Gasteiger partial charge in [-0.25, -0.2) is 8.42 Å². The van der Waals surface area contributed by atoms with Gasteiger partial charge >= 0.3 is 0 Å². The fourth-order valence-corrected chi connectivity index (χ4v) is 4.97. The lowest BCUT2D eigenvalue weighted by Crippen LogP contribution is -2.35. The Hall–Kier alpha value is -3.20. The van der Waals surface area contributed by atoms with Gasteiger partial charge in [0.15, 0.2) is 0 Å². The number of rotatable bonds is 9. The lowest BCUT2D eigenvalue weighted by molar-refractivity contribution is 0.0342. The number of hydrogen-bond acceptors (Lipinski definition) is 5. The highest BCUT2D eigenvalue weighted by atomic mass is 32.2. The lowest BCUT2D eigenvalue weighted by atomic mass is 10.1. The summed E-state index contributed by atoms with van der Waals surface area (Å²) in [5.41, 5.74) is 3.71. The van der Waals surface area contributed by atoms with Crippen LogP contribution in [-0.2, 0) is 34.4 Å². The molecule has 1 saturated heterocycles. The van der Waals surface area contributed by atoms with E-state index in [9.17, 15) is 13.2 Å². The molecule has 1 aliphatic rings. The van der Waals surface area contributed by atoms with Crippen molar-refractivity contribution in [1.29, 1.82) is 0 Å². The van der Waals surface area contributed by atoms with Crippen LogP contribution in [0.5, 0.6) is 0 Å². The summed E-state index contributed by atoms with van der Waals surface area (Å²) in [6.07, 6.45) is 1.16. The maximum atomic E-state index is 13.1. The standard InChI is InChI=1S/C27H31N3O4S/c1-35(32,33)30(21-23-7-3-2-4-8-23)26-10-6-5-9-25(26)27(31)28-19-22-11-13-24(14-12-22)20-29-15-17-34-18-16-29/h2-14H,15-21H2,1H3,(H,28,31). The van der Waals surface area contributed by atoms with Crippen molar-refractivity contribution in [1.82, 2.24) is 10.2 Å². The minimum atomic E-state index is -3.61. The Morgan fingerprint density at radius 2 is 1.51 bits per heavy atom. The predicted octanol–water partition coefficient (Wildman–Crippen LogP) is 3.42. The highest BCUT2D eigenvalue weighted by Crippen LogP contribution is 2.25. The van der Waals surface area contributed by atoms with E-state index >= 15 is 0 Å². The largest absolute Gasteiger partial charge is 0.379 e. The summed E-state index contributed by atoms with van der Waals surface area (Å²) in [7, 11) is -3.61. The van der Waals surface area contributed by atoms with Crippen molar-refractivity contribution >= 4 is 21.6 Å². The number of nitrogens with zero attached hydrogens (tertiary/aromatic N) is 2. The number of carbonyl (C=O) groups is 1. The molecule has 1 heterocycles. The van der Waals surface area contributed by atoms with Crippen LogP contribution in [0.1, 0.15) is 27.0 Å². The summed E-state index contributed by atoms with van der Waals surface area (Å²) >= 11 is 0. The molecule has 0 radical (unpaired) electrons. The average molecular weight is 494 g/mol. The van der Waals surface area contributed by atoms with Crippen LogP contribution in [0.4, 0.5) is 5.69 Å². The van der Waals surface area contributed by atoms with Gasteiger partial charge in [0.25, 0.3) is 5.91 Å². The second kappa shape index (κ2) is 11.5. The molecule has 3 aromatic carbocycles. The Kier molecular flexibility index (Phi) is 8.17. The summed E-state index contributed by atoms with van der Waals surface area (Å²) in [5, 5.41) is 2.94. The average Bonchev–Trinajstić information content (AvgIpc) is 2.87. The summed E-state index contributed by atoms with van der Waals surface area (Å²) in [6.45, 7) is 4.79. The zero-order chi connectivity index (χ0) is 24.7. The molecule has 0 aliphatic carbocycles. The van der Waals surface area contributed by atoms with E-state index < -0.39 is 10.0 Å². The first-order valence-corrected chi connectivity index (χ1v) is 13.5. The fraction of sp³-hybridized carbons (Fsp3) is 0.296. The minimum absolute atomic E-state index is 0.147. The van der Waals surface area contributed by atoms with Gasteiger partial charge in [-0.2, -0.15) is 0 Å². The molecule has 184 valence electrons. The first kappa shape index (κ1) is 24.9. The van der Waals surface area contributed by atoms with Crippen LogP contribution < -0.4 is 9.62 Å². The molecule has 1 aliphatic heterocycles. The molecule has 0 spiro atoms. The van der Waals surface area contributed by atoms with E-state index in [1.54, 1.807) is 24.3 Å². The number of benzene rings is 3. The SMILES string of the molecule is CS(=O)(=O)N(Cc1ccccc1)c1ccccc1C(=O)NCc1ccc(CN2CCOCC2)cc1. The molecule has 1 amide bonds. The molecule has 0 saturated carbocycles. The van der Waals surface area contributed by atoms with Crippen molar-refractivity contribution in [2.45, 2.75) is 19.6 Å². The van der Waals surface area contributed by atoms with Crippen LogP contribution in [0.15, 0.2) is 78.9 Å². The second-order valence-electron chi connectivity index (χ2n) is 8.66. The van der Waals surface area contributed by atoms with Gasteiger partial charge in [-0.05, 0) is 28.8 Å². The maximum absolute atomic E-state index is 13.1. The number of carbonyl (C=O) groups excluding carboxylic acids is 1. The molecule has 7 nitrogen and oxygen atoms in total. The van der Waals surface area contributed by atoms with Crippen molar-refractivity contribution in [3.8, 4) is 0 Å². The normalized spacial score (nSPS) is 14.4. The third kappa shape index (κ3) is 6.91. The molecule has 1 fully saturated rings. The highest BCUT2D eigenvalue weighted by molar-refractivity contribution is 7.92. The van der Waals surface area contributed by atoms with Crippen molar-refractivity contribution in [2.24, 2.45) is 0 Å². The van der Waals surface area contributed by atoms with Crippen LogP contribution in [0.2, 0.25) is 0 Å². The van der Waals surface area contributed by atoms with Gasteiger partial charge in [-0.1, -0.05) is 66.7 Å². The Bertz CT molecular complexity index is 1220. The summed E-state index contributed by atoms with van der Waals surface area (Å²) in [5.74, 6) is -0.320. The zero-order valence-electron chi connectivity index (χ0n) is 19.9. The van der Waals surface area contributed by atoms with E-state index in [-0.39, 0.29) is 12.5 Å². The lowest BCUT2D eigenvalue weighted by Gasteiger charge is -2.26. The Morgan fingerprint density at radius 3 is 2.20 bits per heavy atom. The van der Waals surface area contributed by atoms with Gasteiger partial charge in [0, 0.05) is 26.2 Å². The topological polar surface area (TPSA) is 79.0 Å². The summed E-state index contributed by atoms with van der Waals surface area (Å²) < 4.78 is 32.0. The number of morpholine rings is 1. The molecule has 35 heavy (non-hydrogen) atoms. The number of para-hydroxylation sites is 1. The number of amides is 1. The van der Waals surface area contributed by atoms with Gasteiger partial charge in [0.05, 0.1) is 37.3 Å². The van der Waals surface area contributed by atoms with Gasteiger partial charge < -0.3 is 10.1 Å². The molecule has 4 rings (SSSR count). The molecule has 0 bridgehead atoms. The molecule has 8 heteroatoms. The van der Waals surface area contributed by atoms with E-state index in [1.807, 2.05) is 42.5 Å². The fourth-order valence-electron chi connectivity index (χ4n) is 4.07. The first-order chi connectivity index (χ1) is 16.9. The summed E-state index contributed by atoms with van der Waals surface area (Å²) in [6, 6.07) is 24.3. The number of hydrogen-bond donors (Lipinski definition) is 1. The van der Waals surface area contributed by atoms with Gasteiger partial charge in [0.1, 0.15) is 0 Å². The number of sulfonamides is 1. The number of anilines is 1. The van der Waals surface area contributed by atoms with Gasteiger partial charge in [-0.3, -0.25) is 14.0 Å². The first-order valence-electron chi connectivity index (χ1n) is 11.7. The third-order valence-electron chi connectivity index (χ3n) is 5.97. The molecule has 0 atom stereocenters. The minimum Gasteiger partial charge on any atom is -0.379 e. The van der Waals surface area contributed by atoms with Crippen LogP contribution >= 0.6 is 0 Å². The van der Waals surface area contributed by atoms with Gasteiger partial charge in [-0.15, -0.1) is 0 Å². The van der Waals surface area contributed by atoms with Crippen molar-refractivity contribution in [3.05, 3.63) is 101 Å². The Morgan fingerprint density at radius 1 is 0.886 bits per heavy atom. The van der Waals surface area contributed by atoms with Crippen LogP contribution in [-0.4, -0.2) is 51.8 Å². The van der Waals surface area contributed by atoms with Crippen molar-refractivity contribution < 1.29 is 17.9 Å². The monoisotopic (exact) mass is 493 g/mol. The molecule has 3 aromatic rings. The van der Waals surface area contributed by atoms with E-state index in [2.05, 4.69) is 22.3 Å². The van der Waals surface area contributed by atoms with Crippen molar-refractivity contribution in [3.63, 3.8) is 0 Å². The number of nitrogens with one attached hydrogen (secondary N) is 1. The molecule has 1 N–H and O–H groups in total. The summed E-state index contributed by atoms with van der Waals surface area (Å²) in [4.78, 5) is 15.5.